The van der Waals surface area contributed by atoms with Crippen molar-refractivity contribution in [3.63, 3.8) is 0 Å². The third-order valence-corrected chi connectivity index (χ3v) is 4.09. The highest BCUT2D eigenvalue weighted by molar-refractivity contribution is 5.77. The number of aryl methyl sites for hydroxylation is 1. The molecule has 0 aliphatic carbocycles. The zero-order chi connectivity index (χ0) is 18.4. The van der Waals surface area contributed by atoms with Crippen molar-refractivity contribution in [1.29, 1.82) is 0 Å². The Morgan fingerprint density at radius 1 is 1.12 bits per heavy atom. The number of aliphatic carboxylic acids is 1. The molecule has 0 spiro atoms. The lowest BCUT2D eigenvalue weighted by Crippen LogP contribution is -2.16. The van der Waals surface area contributed by atoms with Gasteiger partial charge in [0.15, 0.2) is 0 Å². The van der Waals surface area contributed by atoms with E-state index in [2.05, 4.69) is 13.8 Å². The molecular weight excluding hydrogens is 316 g/mol. The lowest BCUT2D eigenvalue weighted by Gasteiger charge is -2.18. The number of methoxy groups -OCH3 is 1. The highest BCUT2D eigenvalue weighted by Crippen LogP contribution is 2.30. The van der Waals surface area contributed by atoms with E-state index in [1.807, 2.05) is 49.4 Å². The van der Waals surface area contributed by atoms with E-state index in [4.69, 9.17) is 9.47 Å². The SMILES string of the molecule is COc1ccc(C(Cc2ccccc2OCC(C)C)C(=O)O)cc1C. The molecule has 1 atom stereocenters. The van der Waals surface area contributed by atoms with Gasteiger partial charge in [0.25, 0.3) is 0 Å². The molecule has 25 heavy (non-hydrogen) atoms. The Bertz CT molecular complexity index is 722. The quantitative estimate of drug-likeness (QED) is 0.770. The molecule has 0 saturated carbocycles. The van der Waals surface area contributed by atoms with E-state index in [1.165, 1.54) is 0 Å². The summed E-state index contributed by atoms with van der Waals surface area (Å²) in [5, 5.41) is 9.74. The summed E-state index contributed by atoms with van der Waals surface area (Å²) in [6.07, 6.45) is 0.384. The number of carboxylic acids is 1. The molecule has 1 unspecified atom stereocenters. The minimum Gasteiger partial charge on any atom is -0.496 e. The predicted octanol–water partition coefficient (Wildman–Crippen LogP) is 4.45. The summed E-state index contributed by atoms with van der Waals surface area (Å²) >= 11 is 0. The summed E-state index contributed by atoms with van der Waals surface area (Å²) in [7, 11) is 1.61. The van der Waals surface area contributed by atoms with Gasteiger partial charge < -0.3 is 14.6 Å². The maximum atomic E-state index is 11.9. The first-order valence-corrected chi connectivity index (χ1v) is 8.50. The van der Waals surface area contributed by atoms with E-state index in [0.29, 0.717) is 18.9 Å². The minimum atomic E-state index is -0.844. The number of carboxylic acid groups (broad SMARTS) is 1. The molecule has 0 saturated heterocycles. The smallest absolute Gasteiger partial charge is 0.311 e. The van der Waals surface area contributed by atoms with Gasteiger partial charge in [0.1, 0.15) is 11.5 Å². The maximum Gasteiger partial charge on any atom is 0.311 e. The fourth-order valence-corrected chi connectivity index (χ4v) is 2.76. The summed E-state index contributed by atoms with van der Waals surface area (Å²) in [5.74, 6) is 0.449. The third-order valence-electron chi connectivity index (χ3n) is 4.09. The second-order valence-electron chi connectivity index (χ2n) is 6.64. The van der Waals surface area contributed by atoms with Crippen molar-refractivity contribution in [2.24, 2.45) is 5.92 Å². The zero-order valence-electron chi connectivity index (χ0n) is 15.3. The van der Waals surface area contributed by atoms with Crippen LogP contribution in [0.2, 0.25) is 0 Å². The van der Waals surface area contributed by atoms with Crippen LogP contribution in [0.25, 0.3) is 0 Å². The first kappa shape index (κ1) is 18.8. The van der Waals surface area contributed by atoms with Crippen LogP contribution < -0.4 is 9.47 Å². The first-order valence-electron chi connectivity index (χ1n) is 8.50. The van der Waals surface area contributed by atoms with E-state index in [-0.39, 0.29) is 0 Å². The number of hydrogen-bond acceptors (Lipinski definition) is 3. The van der Waals surface area contributed by atoms with Crippen LogP contribution >= 0.6 is 0 Å². The second-order valence-corrected chi connectivity index (χ2v) is 6.64. The van der Waals surface area contributed by atoms with Gasteiger partial charge in [-0.25, -0.2) is 0 Å². The molecule has 0 radical (unpaired) electrons. The molecule has 0 amide bonds. The number of para-hydroxylation sites is 1. The van der Waals surface area contributed by atoms with E-state index in [0.717, 1.165) is 28.2 Å². The van der Waals surface area contributed by atoms with Crippen molar-refractivity contribution in [1.82, 2.24) is 0 Å². The molecular formula is C21H26O4. The molecule has 1 N–H and O–H groups in total. The Kier molecular flexibility index (Phi) is 6.45. The van der Waals surface area contributed by atoms with Gasteiger partial charge in [0.05, 0.1) is 19.6 Å². The molecule has 4 heteroatoms. The number of carbonyl (C=O) groups is 1. The van der Waals surface area contributed by atoms with Crippen molar-refractivity contribution < 1.29 is 19.4 Å². The Morgan fingerprint density at radius 3 is 2.44 bits per heavy atom. The molecule has 0 bridgehead atoms. The molecule has 0 aliphatic rings. The molecule has 2 aromatic carbocycles. The van der Waals surface area contributed by atoms with Crippen LogP contribution in [0, 0.1) is 12.8 Å². The van der Waals surface area contributed by atoms with E-state index in [9.17, 15) is 9.90 Å². The summed E-state index contributed by atoms with van der Waals surface area (Å²) < 4.78 is 11.1. The van der Waals surface area contributed by atoms with Gasteiger partial charge in [-0.3, -0.25) is 4.79 Å². The van der Waals surface area contributed by atoms with Crippen molar-refractivity contribution >= 4 is 5.97 Å². The standard InChI is InChI=1S/C21H26O4/c1-14(2)13-25-20-8-6-5-7-17(20)12-18(21(22)23)16-9-10-19(24-4)15(3)11-16/h5-11,14,18H,12-13H2,1-4H3,(H,22,23). The van der Waals surface area contributed by atoms with Crippen LogP contribution in [0.4, 0.5) is 0 Å². The van der Waals surface area contributed by atoms with Crippen LogP contribution in [0.3, 0.4) is 0 Å². The van der Waals surface area contributed by atoms with Crippen LogP contribution in [-0.2, 0) is 11.2 Å². The van der Waals surface area contributed by atoms with Gasteiger partial charge in [0.2, 0.25) is 0 Å². The number of ether oxygens (including phenoxy) is 2. The molecule has 2 aromatic rings. The van der Waals surface area contributed by atoms with Gasteiger partial charge in [-0.15, -0.1) is 0 Å². The normalized spacial score (nSPS) is 12.0. The lowest BCUT2D eigenvalue weighted by molar-refractivity contribution is -0.138. The number of benzene rings is 2. The molecule has 0 heterocycles. The Labute approximate surface area is 149 Å². The molecule has 0 aliphatic heterocycles. The van der Waals surface area contributed by atoms with Gasteiger partial charge in [0, 0.05) is 0 Å². The lowest BCUT2D eigenvalue weighted by atomic mass is 9.90. The Balaban J connectivity index is 2.28. The fourth-order valence-electron chi connectivity index (χ4n) is 2.76. The van der Waals surface area contributed by atoms with Crippen LogP contribution in [0.1, 0.15) is 36.5 Å². The van der Waals surface area contributed by atoms with Gasteiger partial charge in [-0.2, -0.15) is 0 Å². The number of hydrogen-bond donors (Lipinski definition) is 1. The Morgan fingerprint density at radius 2 is 1.84 bits per heavy atom. The van der Waals surface area contributed by atoms with E-state index >= 15 is 0 Å². The topological polar surface area (TPSA) is 55.8 Å². The fraction of sp³-hybridized carbons (Fsp3) is 0.381. The van der Waals surface area contributed by atoms with E-state index in [1.54, 1.807) is 7.11 Å². The second kappa shape index (κ2) is 8.56. The highest BCUT2D eigenvalue weighted by Gasteiger charge is 2.22. The largest absolute Gasteiger partial charge is 0.496 e. The summed E-state index contributed by atoms with van der Waals surface area (Å²) in [6.45, 7) is 6.70. The summed E-state index contributed by atoms with van der Waals surface area (Å²) in [6, 6.07) is 13.2. The van der Waals surface area contributed by atoms with Gasteiger partial charge in [-0.05, 0) is 48.1 Å². The number of rotatable bonds is 8. The van der Waals surface area contributed by atoms with Crippen LogP contribution in [-0.4, -0.2) is 24.8 Å². The first-order chi connectivity index (χ1) is 11.9. The minimum absolute atomic E-state index is 0.384. The predicted molar refractivity (Wildman–Crippen MR) is 98.6 cm³/mol. The van der Waals surface area contributed by atoms with E-state index < -0.39 is 11.9 Å². The van der Waals surface area contributed by atoms with Gasteiger partial charge >= 0.3 is 5.97 Å². The molecule has 0 fully saturated rings. The maximum absolute atomic E-state index is 11.9. The molecule has 4 nitrogen and oxygen atoms in total. The average Bonchev–Trinajstić information content (AvgIpc) is 2.58. The molecule has 2 rings (SSSR count). The molecule has 134 valence electrons. The van der Waals surface area contributed by atoms with Gasteiger partial charge in [-0.1, -0.05) is 44.2 Å². The summed E-state index contributed by atoms with van der Waals surface area (Å²) in [4.78, 5) is 11.9. The Hall–Kier alpha value is -2.49. The third kappa shape index (κ3) is 4.99. The van der Waals surface area contributed by atoms with Crippen molar-refractivity contribution in [3.05, 3.63) is 59.2 Å². The van der Waals surface area contributed by atoms with Crippen molar-refractivity contribution in [3.8, 4) is 11.5 Å². The average molecular weight is 342 g/mol. The van der Waals surface area contributed by atoms with Crippen LogP contribution in [0.5, 0.6) is 11.5 Å². The molecule has 0 aromatic heterocycles. The summed E-state index contributed by atoms with van der Waals surface area (Å²) in [5.41, 5.74) is 2.60. The monoisotopic (exact) mass is 342 g/mol. The van der Waals surface area contributed by atoms with Crippen LogP contribution in [0.15, 0.2) is 42.5 Å². The highest BCUT2D eigenvalue weighted by atomic mass is 16.5. The zero-order valence-corrected chi connectivity index (χ0v) is 15.3. The van der Waals surface area contributed by atoms with Crippen molar-refractivity contribution in [2.75, 3.05) is 13.7 Å². The van der Waals surface area contributed by atoms with Crippen molar-refractivity contribution in [2.45, 2.75) is 33.1 Å².